The van der Waals surface area contributed by atoms with Crippen molar-refractivity contribution in [2.75, 3.05) is 6.61 Å². The summed E-state index contributed by atoms with van der Waals surface area (Å²) in [5.41, 5.74) is 0. The van der Waals surface area contributed by atoms with Crippen LogP contribution in [0.5, 0.6) is 0 Å². The summed E-state index contributed by atoms with van der Waals surface area (Å²) in [5.74, 6) is 1.21. The predicted octanol–water partition coefficient (Wildman–Crippen LogP) is 3.05. The van der Waals surface area contributed by atoms with Gasteiger partial charge in [0.05, 0.1) is 5.01 Å². The van der Waals surface area contributed by atoms with Gasteiger partial charge in [-0.25, -0.2) is 4.98 Å². The van der Waals surface area contributed by atoms with Crippen LogP contribution in [0.1, 0.15) is 60.7 Å². The minimum Gasteiger partial charge on any atom is -0.396 e. The van der Waals surface area contributed by atoms with Crippen molar-refractivity contribution in [2.24, 2.45) is 5.92 Å². The van der Waals surface area contributed by atoms with E-state index < -0.39 is 0 Å². The van der Waals surface area contributed by atoms with Crippen LogP contribution < -0.4 is 5.32 Å². The lowest BCUT2D eigenvalue weighted by molar-refractivity contribution is 0.181. The van der Waals surface area contributed by atoms with Crippen molar-refractivity contribution < 1.29 is 5.11 Å². The highest BCUT2D eigenvalue weighted by Gasteiger charge is 2.27. The number of hydrogen-bond donors (Lipinski definition) is 2. The molecule has 2 saturated carbocycles. The molecular formula is C15H24N2OS. The quantitative estimate of drug-likeness (QED) is 0.815. The molecule has 19 heavy (non-hydrogen) atoms. The van der Waals surface area contributed by atoms with E-state index in [4.69, 9.17) is 0 Å². The maximum atomic E-state index is 9.52. The van der Waals surface area contributed by atoms with E-state index >= 15 is 0 Å². The van der Waals surface area contributed by atoms with E-state index in [0.29, 0.717) is 18.6 Å². The van der Waals surface area contributed by atoms with Gasteiger partial charge in [0.15, 0.2) is 0 Å². The average molecular weight is 280 g/mol. The topological polar surface area (TPSA) is 45.1 Å². The molecule has 106 valence electrons. The first-order valence-corrected chi connectivity index (χ1v) is 8.47. The number of hydrogen-bond acceptors (Lipinski definition) is 4. The zero-order valence-electron chi connectivity index (χ0n) is 11.5. The van der Waals surface area contributed by atoms with Crippen LogP contribution in [0, 0.1) is 5.92 Å². The number of rotatable bonds is 5. The Kier molecular flexibility index (Phi) is 4.51. The van der Waals surface area contributed by atoms with Crippen molar-refractivity contribution in [3.8, 4) is 0 Å². The summed E-state index contributed by atoms with van der Waals surface area (Å²) in [4.78, 5) is 5.88. The number of nitrogens with zero attached hydrogens (tertiary/aromatic N) is 1. The van der Waals surface area contributed by atoms with Gasteiger partial charge in [-0.2, -0.15) is 0 Å². The molecule has 2 aliphatic carbocycles. The van der Waals surface area contributed by atoms with Crippen LogP contribution in [-0.2, 0) is 6.54 Å². The SMILES string of the molecule is OCC1CCCCCC1NCc1cnc(C2CC2)s1. The highest BCUT2D eigenvalue weighted by molar-refractivity contribution is 7.11. The van der Waals surface area contributed by atoms with Gasteiger partial charge in [-0.1, -0.05) is 19.3 Å². The molecule has 0 amide bonds. The van der Waals surface area contributed by atoms with Gasteiger partial charge in [-0.3, -0.25) is 0 Å². The molecule has 0 bridgehead atoms. The molecule has 2 aliphatic rings. The van der Waals surface area contributed by atoms with Gasteiger partial charge in [0, 0.05) is 36.2 Å². The molecule has 4 heteroatoms. The summed E-state index contributed by atoms with van der Waals surface area (Å²) in [6.45, 7) is 1.25. The second-order valence-electron chi connectivity index (χ2n) is 6.01. The molecule has 2 atom stereocenters. The largest absolute Gasteiger partial charge is 0.396 e. The summed E-state index contributed by atoms with van der Waals surface area (Å²) in [6.07, 6.45) is 11.0. The van der Waals surface area contributed by atoms with Crippen molar-refractivity contribution in [3.63, 3.8) is 0 Å². The number of nitrogens with one attached hydrogen (secondary N) is 1. The van der Waals surface area contributed by atoms with E-state index in [1.165, 1.54) is 54.8 Å². The van der Waals surface area contributed by atoms with Crippen LogP contribution >= 0.6 is 11.3 Å². The molecule has 2 N–H and O–H groups in total. The Morgan fingerprint density at radius 3 is 2.84 bits per heavy atom. The summed E-state index contributed by atoms with van der Waals surface area (Å²) in [5, 5.41) is 14.5. The van der Waals surface area contributed by atoms with E-state index in [0.717, 1.165) is 12.5 Å². The average Bonchev–Trinajstić information content (AvgIpc) is 3.21. The summed E-state index contributed by atoms with van der Waals surface area (Å²) >= 11 is 1.87. The number of thiazole rings is 1. The van der Waals surface area contributed by atoms with Gasteiger partial charge in [-0.05, 0) is 31.6 Å². The zero-order valence-corrected chi connectivity index (χ0v) is 12.3. The molecule has 2 unspecified atom stereocenters. The fraction of sp³-hybridized carbons (Fsp3) is 0.800. The van der Waals surface area contributed by atoms with E-state index in [-0.39, 0.29) is 0 Å². The van der Waals surface area contributed by atoms with E-state index in [9.17, 15) is 5.11 Å². The van der Waals surface area contributed by atoms with Crippen LogP contribution in [0.4, 0.5) is 0 Å². The number of aliphatic hydroxyl groups excluding tert-OH is 1. The highest BCUT2D eigenvalue weighted by Crippen LogP contribution is 2.41. The van der Waals surface area contributed by atoms with E-state index in [2.05, 4.69) is 10.3 Å². The molecule has 0 radical (unpaired) electrons. The Morgan fingerprint density at radius 1 is 1.21 bits per heavy atom. The Hall–Kier alpha value is -0.450. The van der Waals surface area contributed by atoms with Crippen molar-refractivity contribution in [1.82, 2.24) is 10.3 Å². The second kappa shape index (κ2) is 6.33. The molecule has 1 heterocycles. The third kappa shape index (κ3) is 3.56. The Balaban J connectivity index is 1.53. The molecule has 0 spiro atoms. The number of aliphatic hydroxyl groups is 1. The third-order valence-electron chi connectivity index (χ3n) is 4.43. The molecule has 3 rings (SSSR count). The van der Waals surface area contributed by atoms with Gasteiger partial charge in [0.2, 0.25) is 0 Å². The molecule has 0 aromatic carbocycles. The Bertz CT molecular complexity index is 403. The van der Waals surface area contributed by atoms with Gasteiger partial charge in [0.25, 0.3) is 0 Å². The van der Waals surface area contributed by atoms with Crippen LogP contribution in [0.2, 0.25) is 0 Å². The third-order valence-corrected chi connectivity index (χ3v) is 5.59. The molecule has 0 aliphatic heterocycles. The molecule has 1 aromatic heterocycles. The van der Waals surface area contributed by atoms with E-state index in [1.54, 1.807) is 0 Å². The minimum atomic E-state index is 0.327. The van der Waals surface area contributed by atoms with Crippen molar-refractivity contribution in [2.45, 2.75) is 63.5 Å². The van der Waals surface area contributed by atoms with Crippen LogP contribution in [-0.4, -0.2) is 22.7 Å². The van der Waals surface area contributed by atoms with Crippen molar-refractivity contribution in [3.05, 3.63) is 16.1 Å². The maximum absolute atomic E-state index is 9.52. The van der Waals surface area contributed by atoms with Crippen molar-refractivity contribution >= 4 is 11.3 Å². The van der Waals surface area contributed by atoms with Crippen LogP contribution in [0.3, 0.4) is 0 Å². The van der Waals surface area contributed by atoms with Gasteiger partial charge >= 0.3 is 0 Å². The lowest BCUT2D eigenvalue weighted by atomic mass is 9.96. The predicted molar refractivity (Wildman–Crippen MR) is 78.4 cm³/mol. The fourth-order valence-corrected chi connectivity index (χ4v) is 4.06. The van der Waals surface area contributed by atoms with Crippen molar-refractivity contribution in [1.29, 1.82) is 0 Å². The summed E-state index contributed by atoms with van der Waals surface area (Å²) < 4.78 is 0. The van der Waals surface area contributed by atoms with Crippen LogP contribution in [0.15, 0.2) is 6.20 Å². The second-order valence-corrected chi connectivity index (χ2v) is 7.15. The summed E-state index contributed by atoms with van der Waals surface area (Å²) in [6, 6.07) is 0.485. The van der Waals surface area contributed by atoms with Gasteiger partial charge in [0.1, 0.15) is 0 Å². The standard InChI is InChI=1S/C15H24N2OS/c18-10-12-4-2-1-3-5-14(12)16-8-13-9-17-15(19-13)11-6-7-11/h9,11-12,14,16,18H,1-8,10H2. The zero-order chi connectivity index (χ0) is 13.1. The lowest BCUT2D eigenvalue weighted by Gasteiger charge is -2.24. The van der Waals surface area contributed by atoms with Gasteiger partial charge < -0.3 is 10.4 Å². The highest BCUT2D eigenvalue weighted by atomic mass is 32.1. The smallest absolute Gasteiger partial charge is 0.0959 e. The molecule has 3 nitrogen and oxygen atoms in total. The minimum absolute atomic E-state index is 0.327. The molecule has 0 saturated heterocycles. The molecule has 2 fully saturated rings. The monoisotopic (exact) mass is 280 g/mol. The summed E-state index contributed by atoms with van der Waals surface area (Å²) in [7, 11) is 0. The maximum Gasteiger partial charge on any atom is 0.0959 e. The van der Waals surface area contributed by atoms with E-state index in [1.807, 2.05) is 17.5 Å². The van der Waals surface area contributed by atoms with Gasteiger partial charge in [-0.15, -0.1) is 11.3 Å². The first kappa shape index (κ1) is 13.5. The molecule has 1 aromatic rings. The first-order chi connectivity index (χ1) is 9.36. The molecular weight excluding hydrogens is 256 g/mol. The Morgan fingerprint density at radius 2 is 2.05 bits per heavy atom. The van der Waals surface area contributed by atoms with Crippen LogP contribution in [0.25, 0.3) is 0 Å². The lowest BCUT2D eigenvalue weighted by Crippen LogP contribution is -2.36. The number of aromatic nitrogens is 1. The fourth-order valence-electron chi connectivity index (χ4n) is 3.03. The normalized spacial score (nSPS) is 28.3. The Labute approximate surface area is 119 Å². The first-order valence-electron chi connectivity index (χ1n) is 7.65.